The highest BCUT2D eigenvalue weighted by Crippen LogP contribution is 2.34. The SMILES string of the molecule is CC(C)(C)C1CCN(Cc2ccc(F)nc2)CC1. The third-order valence-corrected chi connectivity index (χ3v) is 4.01. The number of aromatic nitrogens is 1. The van der Waals surface area contributed by atoms with E-state index < -0.39 is 5.95 Å². The molecule has 0 aromatic carbocycles. The van der Waals surface area contributed by atoms with Crippen molar-refractivity contribution in [2.45, 2.75) is 40.2 Å². The van der Waals surface area contributed by atoms with Gasteiger partial charge in [-0.3, -0.25) is 4.90 Å². The van der Waals surface area contributed by atoms with Crippen LogP contribution in [0.5, 0.6) is 0 Å². The molecule has 0 spiro atoms. The molecule has 2 nitrogen and oxygen atoms in total. The van der Waals surface area contributed by atoms with Gasteiger partial charge in [0.2, 0.25) is 5.95 Å². The molecule has 0 N–H and O–H groups in total. The number of likely N-dealkylation sites (tertiary alicyclic amines) is 1. The van der Waals surface area contributed by atoms with Crippen molar-refractivity contribution in [1.82, 2.24) is 9.88 Å². The monoisotopic (exact) mass is 250 g/mol. The minimum Gasteiger partial charge on any atom is -0.299 e. The van der Waals surface area contributed by atoms with Crippen LogP contribution in [0.25, 0.3) is 0 Å². The van der Waals surface area contributed by atoms with Crippen molar-refractivity contribution in [3.8, 4) is 0 Å². The van der Waals surface area contributed by atoms with Gasteiger partial charge in [-0.1, -0.05) is 26.8 Å². The second kappa shape index (κ2) is 5.35. The molecule has 18 heavy (non-hydrogen) atoms. The molecule has 0 amide bonds. The molecule has 0 radical (unpaired) electrons. The summed E-state index contributed by atoms with van der Waals surface area (Å²) in [6.07, 6.45) is 4.17. The van der Waals surface area contributed by atoms with E-state index in [2.05, 4.69) is 30.7 Å². The third-order valence-electron chi connectivity index (χ3n) is 4.01. The van der Waals surface area contributed by atoms with Gasteiger partial charge in [-0.15, -0.1) is 0 Å². The van der Waals surface area contributed by atoms with Crippen molar-refractivity contribution in [3.05, 3.63) is 29.8 Å². The van der Waals surface area contributed by atoms with E-state index in [-0.39, 0.29) is 0 Å². The van der Waals surface area contributed by atoms with Crippen molar-refractivity contribution in [1.29, 1.82) is 0 Å². The highest BCUT2D eigenvalue weighted by Gasteiger charge is 2.28. The number of rotatable bonds is 2. The molecule has 1 saturated heterocycles. The van der Waals surface area contributed by atoms with Crippen molar-refractivity contribution in [3.63, 3.8) is 0 Å². The van der Waals surface area contributed by atoms with Crippen molar-refractivity contribution in [2.75, 3.05) is 13.1 Å². The van der Waals surface area contributed by atoms with E-state index in [9.17, 15) is 4.39 Å². The van der Waals surface area contributed by atoms with Crippen LogP contribution in [0.3, 0.4) is 0 Å². The lowest BCUT2D eigenvalue weighted by Crippen LogP contribution is -2.37. The Morgan fingerprint density at radius 1 is 1.28 bits per heavy atom. The molecule has 1 fully saturated rings. The average molecular weight is 250 g/mol. The Kier molecular flexibility index (Phi) is 4.00. The van der Waals surface area contributed by atoms with Gasteiger partial charge in [0.15, 0.2) is 0 Å². The number of nitrogens with zero attached hydrogens (tertiary/aromatic N) is 2. The molecular weight excluding hydrogens is 227 g/mol. The van der Waals surface area contributed by atoms with Crippen molar-refractivity contribution >= 4 is 0 Å². The molecule has 1 aromatic heterocycles. The molecule has 1 aromatic rings. The largest absolute Gasteiger partial charge is 0.299 e. The summed E-state index contributed by atoms with van der Waals surface area (Å²) < 4.78 is 12.7. The van der Waals surface area contributed by atoms with Gasteiger partial charge in [-0.05, 0) is 48.9 Å². The van der Waals surface area contributed by atoms with Crippen LogP contribution in [0.1, 0.15) is 39.2 Å². The molecule has 0 bridgehead atoms. The van der Waals surface area contributed by atoms with Gasteiger partial charge in [0.05, 0.1) is 0 Å². The topological polar surface area (TPSA) is 16.1 Å². The summed E-state index contributed by atoms with van der Waals surface area (Å²) in [5, 5.41) is 0. The number of hydrogen-bond acceptors (Lipinski definition) is 2. The van der Waals surface area contributed by atoms with Gasteiger partial charge < -0.3 is 0 Å². The number of hydrogen-bond donors (Lipinski definition) is 0. The van der Waals surface area contributed by atoms with E-state index in [1.165, 1.54) is 18.9 Å². The summed E-state index contributed by atoms with van der Waals surface area (Å²) in [6.45, 7) is 10.2. The first-order valence-electron chi connectivity index (χ1n) is 6.78. The van der Waals surface area contributed by atoms with E-state index in [1.54, 1.807) is 6.20 Å². The van der Waals surface area contributed by atoms with Crippen LogP contribution >= 0.6 is 0 Å². The average Bonchev–Trinajstić information content (AvgIpc) is 2.32. The lowest BCUT2D eigenvalue weighted by atomic mass is 9.75. The molecule has 1 aliphatic rings. The van der Waals surface area contributed by atoms with Gasteiger partial charge in [0.1, 0.15) is 0 Å². The molecule has 0 atom stereocenters. The van der Waals surface area contributed by atoms with Crippen LogP contribution < -0.4 is 0 Å². The maximum Gasteiger partial charge on any atom is 0.212 e. The smallest absolute Gasteiger partial charge is 0.212 e. The van der Waals surface area contributed by atoms with Crippen LogP contribution in [0.15, 0.2) is 18.3 Å². The lowest BCUT2D eigenvalue weighted by Gasteiger charge is -2.38. The molecule has 0 aliphatic carbocycles. The molecule has 1 aliphatic heterocycles. The van der Waals surface area contributed by atoms with Crippen molar-refractivity contribution < 1.29 is 4.39 Å². The first-order valence-corrected chi connectivity index (χ1v) is 6.78. The fraction of sp³-hybridized carbons (Fsp3) is 0.667. The van der Waals surface area contributed by atoms with Crippen LogP contribution in [0.4, 0.5) is 4.39 Å². The van der Waals surface area contributed by atoms with E-state index in [0.717, 1.165) is 31.1 Å². The summed E-state index contributed by atoms with van der Waals surface area (Å²) in [7, 11) is 0. The van der Waals surface area contributed by atoms with Crippen LogP contribution in [0, 0.1) is 17.3 Å². The first-order chi connectivity index (χ1) is 8.45. The zero-order valence-electron chi connectivity index (χ0n) is 11.6. The Bertz CT molecular complexity index is 372. The van der Waals surface area contributed by atoms with E-state index >= 15 is 0 Å². The predicted molar refractivity (Wildman–Crippen MR) is 71.7 cm³/mol. The highest BCUT2D eigenvalue weighted by molar-refractivity contribution is 5.09. The number of halogens is 1. The quantitative estimate of drug-likeness (QED) is 0.747. The Hall–Kier alpha value is -0.960. The summed E-state index contributed by atoms with van der Waals surface area (Å²) in [6, 6.07) is 3.27. The maximum absolute atomic E-state index is 12.7. The fourth-order valence-corrected chi connectivity index (χ4v) is 2.72. The van der Waals surface area contributed by atoms with Gasteiger partial charge in [-0.2, -0.15) is 4.39 Å². The van der Waals surface area contributed by atoms with E-state index in [1.807, 2.05) is 6.07 Å². The number of piperidine rings is 1. The molecule has 2 heterocycles. The maximum atomic E-state index is 12.7. The Morgan fingerprint density at radius 3 is 2.44 bits per heavy atom. The van der Waals surface area contributed by atoms with Gasteiger partial charge in [0.25, 0.3) is 0 Å². The molecular formula is C15H23FN2. The normalized spacial score (nSPS) is 19.1. The first kappa shape index (κ1) is 13.5. The summed E-state index contributed by atoms with van der Waals surface area (Å²) in [4.78, 5) is 6.15. The molecule has 100 valence electrons. The minimum absolute atomic E-state index is 0.398. The van der Waals surface area contributed by atoms with Gasteiger partial charge in [0, 0.05) is 12.7 Å². The van der Waals surface area contributed by atoms with E-state index in [0.29, 0.717) is 5.41 Å². The standard InChI is InChI=1S/C15H23FN2/c1-15(2,3)13-6-8-18(9-7-13)11-12-4-5-14(16)17-10-12/h4-5,10,13H,6-9,11H2,1-3H3. The second-order valence-electron chi connectivity index (χ2n) is 6.41. The summed E-state index contributed by atoms with van der Waals surface area (Å²) in [5.74, 6) is 0.422. The van der Waals surface area contributed by atoms with Gasteiger partial charge >= 0.3 is 0 Å². The number of pyridine rings is 1. The zero-order chi connectivity index (χ0) is 13.2. The Balaban J connectivity index is 1.85. The molecule has 0 unspecified atom stereocenters. The Morgan fingerprint density at radius 2 is 1.94 bits per heavy atom. The summed E-state index contributed by atoms with van der Waals surface area (Å²) >= 11 is 0. The zero-order valence-corrected chi connectivity index (χ0v) is 11.6. The Labute approximate surface area is 109 Å². The van der Waals surface area contributed by atoms with Crippen LogP contribution in [0.2, 0.25) is 0 Å². The van der Waals surface area contributed by atoms with Crippen LogP contribution in [-0.2, 0) is 6.54 Å². The van der Waals surface area contributed by atoms with Gasteiger partial charge in [-0.25, -0.2) is 4.98 Å². The third kappa shape index (κ3) is 3.52. The highest BCUT2D eigenvalue weighted by atomic mass is 19.1. The van der Waals surface area contributed by atoms with E-state index in [4.69, 9.17) is 0 Å². The van der Waals surface area contributed by atoms with Crippen molar-refractivity contribution in [2.24, 2.45) is 11.3 Å². The predicted octanol–water partition coefficient (Wildman–Crippen LogP) is 3.48. The molecule has 2 rings (SSSR count). The fourth-order valence-electron chi connectivity index (χ4n) is 2.72. The lowest BCUT2D eigenvalue weighted by molar-refractivity contribution is 0.108. The minimum atomic E-state index is -0.398. The molecule has 3 heteroatoms. The van der Waals surface area contributed by atoms with Crippen LogP contribution in [-0.4, -0.2) is 23.0 Å². The summed E-state index contributed by atoms with van der Waals surface area (Å²) in [5.41, 5.74) is 1.52. The molecule has 0 saturated carbocycles. The second-order valence-corrected chi connectivity index (χ2v) is 6.41.